The Kier molecular flexibility index (Phi) is 7.35. The fourth-order valence-corrected chi connectivity index (χ4v) is 3.50. The van der Waals surface area contributed by atoms with Crippen LogP contribution in [-0.2, 0) is 4.79 Å². The molecule has 1 saturated heterocycles. The summed E-state index contributed by atoms with van der Waals surface area (Å²) in [5, 5.41) is 2.98. The van der Waals surface area contributed by atoms with E-state index in [1.54, 1.807) is 0 Å². The average Bonchev–Trinajstić information content (AvgIpc) is 2.73. The van der Waals surface area contributed by atoms with Gasteiger partial charge in [-0.15, -0.1) is 0 Å². The zero-order valence-corrected chi connectivity index (χ0v) is 17.1. The number of anilines is 2. The molecular formula is C24H32N2O2. The van der Waals surface area contributed by atoms with E-state index in [0.717, 1.165) is 24.5 Å². The summed E-state index contributed by atoms with van der Waals surface area (Å²) in [6.45, 7) is 7.16. The summed E-state index contributed by atoms with van der Waals surface area (Å²) in [6, 6.07) is 16.4. The Morgan fingerprint density at radius 1 is 1.00 bits per heavy atom. The monoisotopic (exact) mass is 380 g/mol. The highest BCUT2D eigenvalue weighted by molar-refractivity contribution is 5.90. The molecule has 0 spiro atoms. The average molecular weight is 381 g/mol. The first-order valence-electron chi connectivity index (χ1n) is 10.5. The topological polar surface area (TPSA) is 41.6 Å². The standard InChI is InChI=1S/C24H32N2O2/c1-19(2)20-8-14-23(15-9-20)28-18-6-7-24(27)25-21-10-12-22(13-11-21)26-16-4-3-5-17-26/h8-15,19H,3-7,16-18H2,1-2H3,(H,25,27). The lowest BCUT2D eigenvalue weighted by molar-refractivity contribution is -0.116. The first kappa shape index (κ1) is 20.2. The number of amides is 1. The number of rotatable bonds is 8. The van der Waals surface area contributed by atoms with Gasteiger partial charge in [-0.05, 0) is 73.6 Å². The van der Waals surface area contributed by atoms with E-state index in [-0.39, 0.29) is 5.91 Å². The number of carbonyl (C=O) groups is 1. The fraction of sp³-hybridized carbons (Fsp3) is 0.458. The summed E-state index contributed by atoms with van der Waals surface area (Å²) in [6.07, 6.45) is 5.02. The van der Waals surface area contributed by atoms with E-state index in [0.29, 0.717) is 25.4 Å². The second-order valence-corrected chi connectivity index (χ2v) is 7.82. The summed E-state index contributed by atoms with van der Waals surface area (Å²) >= 11 is 0. The van der Waals surface area contributed by atoms with E-state index in [2.05, 4.69) is 48.3 Å². The number of hydrogen-bond acceptors (Lipinski definition) is 3. The van der Waals surface area contributed by atoms with Gasteiger partial charge in [0.05, 0.1) is 6.61 Å². The van der Waals surface area contributed by atoms with Crippen LogP contribution in [-0.4, -0.2) is 25.6 Å². The van der Waals surface area contributed by atoms with Gasteiger partial charge in [0.2, 0.25) is 5.91 Å². The molecule has 4 nitrogen and oxygen atoms in total. The minimum Gasteiger partial charge on any atom is -0.494 e. The van der Waals surface area contributed by atoms with Crippen molar-refractivity contribution < 1.29 is 9.53 Å². The molecule has 0 aromatic heterocycles. The lowest BCUT2D eigenvalue weighted by Gasteiger charge is -2.28. The largest absolute Gasteiger partial charge is 0.494 e. The Hall–Kier alpha value is -2.49. The van der Waals surface area contributed by atoms with E-state index >= 15 is 0 Å². The van der Waals surface area contributed by atoms with Crippen molar-refractivity contribution >= 4 is 17.3 Å². The molecule has 1 aliphatic heterocycles. The van der Waals surface area contributed by atoms with E-state index in [4.69, 9.17) is 4.74 Å². The highest BCUT2D eigenvalue weighted by Crippen LogP contribution is 2.22. The number of benzene rings is 2. The Labute approximate surface area is 168 Å². The van der Waals surface area contributed by atoms with Crippen LogP contribution in [0.1, 0.15) is 57.4 Å². The molecular weight excluding hydrogens is 348 g/mol. The van der Waals surface area contributed by atoms with Crippen molar-refractivity contribution in [1.82, 2.24) is 0 Å². The Morgan fingerprint density at radius 2 is 1.68 bits per heavy atom. The van der Waals surface area contributed by atoms with Crippen molar-refractivity contribution in [1.29, 1.82) is 0 Å². The lowest BCUT2D eigenvalue weighted by atomic mass is 10.0. The van der Waals surface area contributed by atoms with Crippen LogP contribution in [0, 0.1) is 0 Å². The summed E-state index contributed by atoms with van der Waals surface area (Å²) in [5.41, 5.74) is 3.41. The zero-order valence-electron chi connectivity index (χ0n) is 17.1. The number of carbonyl (C=O) groups excluding carboxylic acids is 1. The quantitative estimate of drug-likeness (QED) is 0.606. The van der Waals surface area contributed by atoms with Gasteiger partial charge in [0.15, 0.2) is 0 Å². The predicted molar refractivity (Wildman–Crippen MR) is 116 cm³/mol. The SMILES string of the molecule is CC(C)c1ccc(OCCCC(=O)Nc2ccc(N3CCCCC3)cc2)cc1. The molecule has 0 atom stereocenters. The molecule has 0 radical (unpaired) electrons. The predicted octanol–water partition coefficient (Wildman–Crippen LogP) is 5.60. The molecule has 1 amide bonds. The minimum atomic E-state index is 0.0319. The van der Waals surface area contributed by atoms with Gasteiger partial charge in [-0.25, -0.2) is 0 Å². The maximum absolute atomic E-state index is 12.2. The van der Waals surface area contributed by atoms with Crippen LogP contribution < -0.4 is 15.0 Å². The van der Waals surface area contributed by atoms with Gasteiger partial charge in [0.1, 0.15) is 5.75 Å². The second-order valence-electron chi connectivity index (χ2n) is 7.82. The lowest BCUT2D eigenvalue weighted by Crippen LogP contribution is -2.29. The van der Waals surface area contributed by atoms with E-state index in [1.165, 1.54) is 30.5 Å². The number of hydrogen-bond donors (Lipinski definition) is 1. The number of nitrogens with one attached hydrogen (secondary N) is 1. The van der Waals surface area contributed by atoms with E-state index in [9.17, 15) is 4.79 Å². The van der Waals surface area contributed by atoms with Gasteiger partial charge in [0.25, 0.3) is 0 Å². The summed E-state index contributed by atoms with van der Waals surface area (Å²) < 4.78 is 5.74. The summed E-state index contributed by atoms with van der Waals surface area (Å²) in [5.74, 6) is 1.41. The smallest absolute Gasteiger partial charge is 0.224 e. The molecule has 0 unspecified atom stereocenters. The third-order valence-corrected chi connectivity index (χ3v) is 5.24. The third kappa shape index (κ3) is 6.01. The van der Waals surface area contributed by atoms with Crippen LogP contribution >= 0.6 is 0 Å². The zero-order chi connectivity index (χ0) is 19.8. The van der Waals surface area contributed by atoms with Crippen molar-refractivity contribution in [2.75, 3.05) is 29.9 Å². The van der Waals surface area contributed by atoms with Crippen LogP contribution in [0.2, 0.25) is 0 Å². The molecule has 1 fully saturated rings. The van der Waals surface area contributed by atoms with E-state index < -0.39 is 0 Å². The molecule has 0 bridgehead atoms. The molecule has 1 aliphatic rings. The van der Waals surface area contributed by atoms with Crippen LogP contribution in [0.5, 0.6) is 5.75 Å². The van der Waals surface area contributed by atoms with E-state index in [1.807, 2.05) is 24.3 Å². The molecule has 1 heterocycles. The Balaban J connectivity index is 1.37. The van der Waals surface area contributed by atoms with Crippen molar-refractivity contribution in [2.45, 2.75) is 51.9 Å². The highest BCUT2D eigenvalue weighted by atomic mass is 16.5. The molecule has 150 valence electrons. The molecule has 0 aliphatic carbocycles. The van der Waals surface area contributed by atoms with Gasteiger partial charge in [-0.3, -0.25) is 4.79 Å². The number of piperidine rings is 1. The second kappa shape index (κ2) is 10.2. The minimum absolute atomic E-state index is 0.0319. The highest BCUT2D eigenvalue weighted by Gasteiger charge is 2.11. The van der Waals surface area contributed by atoms with Crippen LogP contribution in [0.15, 0.2) is 48.5 Å². The van der Waals surface area contributed by atoms with Crippen molar-refractivity contribution in [3.63, 3.8) is 0 Å². The summed E-state index contributed by atoms with van der Waals surface area (Å²) in [4.78, 5) is 14.6. The number of nitrogens with zero attached hydrogens (tertiary/aromatic N) is 1. The van der Waals surface area contributed by atoms with Crippen molar-refractivity contribution in [3.05, 3.63) is 54.1 Å². The van der Waals surface area contributed by atoms with Gasteiger partial charge in [-0.2, -0.15) is 0 Å². The van der Waals surface area contributed by atoms with Crippen LogP contribution in [0.4, 0.5) is 11.4 Å². The first-order valence-corrected chi connectivity index (χ1v) is 10.5. The van der Waals surface area contributed by atoms with Gasteiger partial charge >= 0.3 is 0 Å². The van der Waals surface area contributed by atoms with Crippen molar-refractivity contribution in [2.24, 2.45) is 0 Å². The van der Waals surface area contributed by atoms with Crippen LogP contribution in [0.25, 0.3) is 0 Å². The first-order chi connectivity index (χ1) is 13.6. The number of ether oxygens (including phenoxy) is 1. The van der Waals surface area contributed by atoms with Crippen LogP contribution in [0.3, 0.4) is 0 Å². The normalized spacial score (nSPS) is 14.2. The maximum atomic E-state index is 12.2. The van der Waals surface area contributed by atoms with Crippen molar-refractivity contribution in [3.8, 4) is 5.75 Å². The molecule has 2 aromatic rings. The fourth-order valence-electron chi connectivity index (χ4n) is 3.50. The van der Waals surface area contributed by atoms with Gasteiger partial charge in [-0.1, -0.05) is 26.0 Å². The Bertz CT molecular complexity index is 732. The molecule has 3 rings (SSSR count). The van der Waals surface area contributed by atoms with Gasteiger partial charge in [0, 0.05) is 30.9 Å². The molecule has 28 heavy (non-hydrogen) atoms. The summed E-state index contributed by atoms with van der Waals surface area (Å²) in [7, 11) is 0. The maximum Gasteiger partial charge on any atom is 0.224 e. The molecule has 2 aromatic carbocycles. The van der Waals surface area contributed by atoms with Gasteiger partial charge < -0.3 is 15.0 Å². The Morgan fingerprint density at radius 3 is 2.32 bits per heavy atom. The molecule has 1 N–H and O–H groups in total. The third-order valence-electron chi connectivity index (χ3n) is 5.24. The molecule has 4 heteroatoms. The molecule has 0 saturated carbocycles.